The van der Waals surface area contributed by atoms with E-state index in [1.165, 1.54) is 145 Å². The van der Waals surface area contributed by atoms with Gasteiger partial charge in [0.2, 0.25) is 0 Å². The molecule has 5 nitrogen and oxygen atoms in total. The Bertz CT molecular complexity index is 1860. The van der Waals surface area contributed by atoms with Gasteiger partial charge in [-0.2, -0.15) is 0 Å². The summed E-state index contributed by atoms with van der Waals surface area (Å²) in [7, 11) is 0. The van der Waals surface area contributed by atoms with Crippen molar-refractivity contribution in [3.8, 4) is 0 Å². The van der Waals surface area contributed by atoms with Gasteiger partial charge in [0.15, 0.2) is 0 Å². The highest BCUT2D eigenvalue weighted by molar-refractivity contribution is 5.59. The van der Waals surface area contributed by atoms with Crippen molar-refractivity contribution >= 4 is 22.7 Å². The molecule has 0 spiro atoms. The molecule has 1 N–H and O–H groups in total. The van der Waals surface area contributed by atoms with Crippen LogP contribution < -0.4 is 24.9 Å². The molecule has 13 rings (SSSR count). The molecule has 6 aliphatic carbocycles. The number of benzene rings is 4. The number of para-hydroxylation sites is 4. The van der Waals surface area contributed by atoms with Gasteiger partial charge in [0.05, 0.1) is 24.2 Å². The average molecular weight is 854 g/mol. The zero-order valence-corrected chi connectivity index (χ0v) is 38.5. The highest BCUT2D eigenvalue weighted by Crippen LogP contribution is 2.61. The number of rotatable bonds is 4. The number of hydrogen-bond acceptors (Lipinski definition) is 5. The maximum atomic E-state index is 4.50. The monoisotopic (exact) mass is 854 g/mol. The summed E-state index contributed by atoms with van der Waals surface area (Å²) in [5, 5.41) is 4.50. The predicted molar refractivity (Wildman–Crippen MR) is 265 cm³/mol. The number of hydrogen-bond donors (Lipinski definition) is 1. The smallest absolute Gasteiger partial charge is 0.0501 e. The Kier molecular flexibility index (Phi) is 10.7. The Morgan fingerprint density at radius 1 is 0.281 bits per heavy atom. The number of nitrogens with one attached hydrogen (secondary N) is 1. The van der Waals surface area contributed by atoms with Gasteiger partial charge >= 0.3 is 0 Å². The van der Waals surface area contributed by atoms with Crippen molar-refractivity contribution < 1.29 is 0 Å². The third-order valence-electron chi connectivity index (χ3n) is 20.0. The van der Waals surface area contributed by atoms with E-state index in [1.54, 1.807) is 0 Å². The van der Waals surface area contributed by atoms with Crippen molar-refractivity contribution in [1.29, 1.82) is 0 Å². The number of piperazine rings is 2. The van der Waals surface area contributed by atoms with Crippen LogP contribution in [0.15, 0.2) is 121 Å². The summed E-state index contributed by atoms with van der Waals surface area (Å²) < 4.78 is 0. The lowest BCUT2D eigenvalue weighted by atomic mass is 9.48. The lowest BCUT2D eigenvalue weighted by Gasteiger charge is -2.67. The number of piperidine rings is 1. The molecule has 0 aromatic heterocycles. The summed E-state index contributed by atoms with van der Waals surface area (Å²) in [5.41, 5.74) is 6.00. The summed E-state index contributed by atoms with van der Waals surface area (Å²) in [5.74, 6) is 5.56. The van der Waals surface area contributed by atoms with Gasteiger partial charge in [-0.15, -0.1) is 0 Å². The highest BCUT2D eigenvalue weighted by Gasteiger charge is 2.61. The van der Waals surface area contributed by atoms with E-state index in [2.05, 4.69) is 146 Å². The number of anilines is 4. The minimum Gasteiger partial charge on any atom is -0.361 e. The summed E-state index contributed by atoms with van der Waals surface area (Å²) in [6.07, 6.45) is 24.8. The third-order valence-corrected chi connectivity index (χ3v) is 20.0. The Hall–Kier alpha value is -3.96. The van der Waals surface area contributed by atoms with Crippen LogP contribution in [0.3, 0.4) is 0 Å². The molecule has 16 unspecified atom stereocenters. The zero-order chi connectivity index (χ0) is 42.1. The average Bonchev–Trinajstić information content (AvgIpc) is 3.37. The van der Waals surface area contributed by atoms with E-state index in [-0.39, 0.29) is 0 Å². The standard InChI is InChI=1S/C59H75N5/c1-5-20-40(21-6-1)61-51-31-15-16-32-52(51)63(42-24-9-3-10-25-42)57-38-49-46-30-19-35-60-59(46)50-39-58-56(37-48(50)45-29-14-13-28-44(45)47(49)36-55(57)61)62(41-22-7-2-8-23-41)53-33-17-18-34-54(53)64(58)43-26-11-4-12-27-43/h1-12,20-27,44-60H,13-19,28-39H2. The maximum Gasteiger partial charge on any atom is 0.0501 e. The van der Waals surface area contributed by atoms with Crippen molar-refractivity contribution in [3.05, 3.63) is 121 Å². The van der Waals surface area contributed by atoms with Gasteiger partial charge < -0.3 is 24.9 Å². The molecule has 4 aromatic rings. The van der Waals surface area contributed by atoms with E-state index < -0.39 is 0 Å². The van der Waals surface area contributed by atoms with Crippen molar-refractivity contribution in [3.63, 3.8) is 0 Å². The topological polar surface area (TPSA) is 25.0 Å². The van der Waals surface area contributed by atoms with Gasteiger partial charge in [0, 0.05) is 53.0 Å². The Morgan fingerprint density at radius 3 is 0.953 bits per heavy atom. The van der Waals surface area contributed by atoms with Gasteiger partial charge in [-0.05, 0) is 174 Å². The quantitative estimate of drug-likeness (QED) is 0.206. The SMILES string of the molecule is c1ccc(N2C3CCCCC3N(c3ccccc3)C3CC4C(CC32)C2CCCCC2C2CC3C(CC2C2NCCCC42)N(c2ccccc2)C2CCCCC2N3c2ccccc2)cc1. The molecular formula is C59H75N5. The lowest BCUT2D eigenvalue weighted by Crippen LogP contribution is -2.74. The molecule has 0 radical (unpaired) electrons. The predicted octanol–water partition coefficient (Wildman–Crippen LogP) is 12.4. The molecule has 9 aliphatic rings. The van der Waals surface area contributed by atoms with Crippen LogP contribution >= 0.6 is 0 Å². The molecule has 0 bridgehead atoms. The van der Waals surface area contributed by atoms with E-state index in [4.69, 9.17) is 0 Å². The summed E-state index contributed by atoms with van der Waals surface area (Å²) in [6, 6.07) is 52.6. The molecule has 336 valence electrons. The number of nitrogens with zero attached hydrogens (tertiary/aromatic N) is 4. The largest absolute Gasteiger partial charge is 0.361 e. The van der Waals surface area contributed by atoms with Gasteiger partial charge in [0.1, 0.15) is 0 Å². The fourth-order valence-corrected chi connectivity index (χ4v) is 18.1. The molecular weight excluding hydrogens is 779 g/mol. The highest BCUT2D eigenvalue weighted by atomic mass is 15.4. The van der Waals surface area contributed by atoms with Gasteiger partial charge in [-0.3, -0.25) is 0 Å². The van der Waals surface area contributed by atoms with E-state index in [9.17, 15) is 0 Å². The first-order valence-electron chi connectivity index (χ1n) is 26.9. The molecule has 3 heterocycles. The van der Waals surface area contributed by atoms with Gasteiger partial charge in [0.25, 0.3) is 0 Å². The van der Waals surface area contributed by atoms with Gasteiger partial charge in [-0.25, -0.2) is 0 Å². The molecule has 64 heavy (non-hydrogen) atoms. The Labute approximate surface area is 385 Å². The molecule has 6 saturated carbocycles. The van der Waals surface area contributed by atoms with Gasteiger partial charge in [-0.1, -0.05) is 111 Å². The molecule has 3 aliphatic heterocycles. The first kappa shape index (κ1) is 40.3. The van der Waals surface area contributed by atoms with E-state index >= 15 is 0 Å². The van der Waals surface area contributed by atoms with E-state index in [0.29, 0.717) is 54.4 Å². The van der Waals surface area contributed by atoms with Crippen LogP contribution in [0.2, 0.25) is 0 Å². The second kappa shape index (κ2) is 17.0. The fourth-order valence-electron chi connectivity index (χ4n) is 18.1. The summed E-state index contributed by atoms with van der Waals surface area (Å²) in [4.78, 5) is 12.3. The van der Waals surface area contributed by atoms with Crippen LogP contribution in [0.4, 0.5) is 22.7 Å². The molecule has 4 aromatic carbocycles. The minimum atomic E-state index is 0.537. The Balaban J connectivity index is 0.936. The Morgan fingerprint density at radius 2 is 0.578 bits per heavy atom. The number of fused-ring (bicyclic) bond motifs is 12. The van der Waals surface area contributed by atoms with Crippen molar-refractivity contribution in [2.75, 3.05) is 26.1 Å². The van der Waals surface area contributed by atoms with Crippen LogP contribution in [0, 0.1) is 41.4 Å². The van der Waals surface area contributed by atoms with Crippen LogP contribution in [0.5, 0.6) is 0 Å². The first-order valence-corrected chi connectivity index (χ1v) is 26.9. The zero-order valence-electron chi connectivity index (χ0n) is 38.5. The normalized spacial score (nSPS) is 40.4. The fraction of sp³-hybridized carbons (Fsp3) is 0.593. The molecule has 3 saturated heterocycles. The molecule has 5 heteroatoms. The first-order chi connectivity index (χ1) is 31.8. The van der Waals surface area contributed by atoms with E-state index in [0.717, 1.165) is 41.4 Å². The van der Waals surface area contributed by atoms with Crippen LogP contribution in [0.25, 0.3) is 0 Å². The van der Waals surface area contributed by atoms with Crippen molar-refractivity contribution in [1.82, 2.24) is 5.32 Å². The molecule has 0 amide bonds. The van der Waals surface area contributed by atoms with E-state index in [1.807, 2.05) is 0 Å². The third kappa shape index (κ3) is 6.69. The maximum absolute atomic E-state index is 4.50. The van der Waals surface area contributed by atoms with Crippen LogP contribution in [-0.2, 0) is 0 Å². The van der Waals surface area contributed by atoms with Crippen LogP contribution in [-0.4, -0.2) is 60.9 Å². The summed E-state index contributed by atoms with van der Waals surface area (Å²) >= 11 is 0. The molecule has 16 atom stereocenters. The minimum absolute atomic E-state index is 0.537. The van der Waals surface area contributed by atoms with Crippen molar-refractivity contribution in [2.45, 2.75) is 170 Å². The second-order valence-electron chi connectivity index (χ2n) is 22.6. The lowest BCUT2D eigenvalue weighted by molar-refractivity contribution is -0.0768. The second-order valence-corrected chi connectivity index (χ2v) is 22.6. The van der Waals surface area contributed by atoms with Crippen LogP contribution in [0.1, 0.15) is 116 Å². The van der Waals surface area contributed by atoms with Crippen molar-refractivity contribution in [2.24, 2.45) is 41.4 Å². The summed E-state index contributed by atoms with van der Waals surface area (Å²) in [6.45, 7) is 1.21. The molecule has 9 fully saturated rings.